The summed E-state index contributed by atoms with van der Waals surface area (Å²) in [5, 5.41) is 17.7. The minimum Gasteiger partial charge on any atom is -0.481 e. The molecule has 1 aliphatic heterocycles. The standard InChI is InChI=1S/C6H11BrO2.C4H5NO3/c7-5-3-1-2-4-6(8)9;6-3-1-2-4(7)5(3)8/h1-5H2,(H,8,9);8H,1-2H2. The lowest BCUT2D eigenvalue weighted by atomic mass is 10.2. The van der Waals surface area contributed by atoms with Gasteiger partial charge in [-0.3, -0.25) is 19.6 Å². The van der Waals surface area contributed by atoms with E-state index in [-0.39, 0.29) is 17.9 Å². The fourth-order valence-electron chi connectivity index (χ4n) is 1.11. The molecule has 0 spiro atoms. The van der Waals surface area contributed by atoms with Crippen molar-refractivity contribution in [3.63, 3.8) is 0 Å². The number of aliphatic carboxylic acids is 1. The number of carbonyl (C=O) groups is 3. The van der Waals surface area contributed by atoms with Gasteiger partial charge < -0.3 is 5.11 Å². The molecule has 1 saturated heterocycles. The predicted octanol–water partition coefficient (Wildman–Crippen LogP) is 1.55. The van der Waals surface area contributed by atoms with E-state index in [0.29, 0.717) is 6.42 Å². The summed E-state index contributed by atoms with van der Waals surface area (Å²) < 4.78 is 0. The second-order valence-corrected chi connectivity index (χ2v) is 4.29. The molecule has 2 amide bonds. The van der Waals surface area contributed by atoms with E-state index < -0.39 is 17.8 Å². The summed E-state index contributed by atoms with van der Waals surface area (Å²) >= 11 is 3.27. The van der Waals surface area contributed by atoms with Crippen LogP contribution >= 0.6 is 15.9 Å². The van der Waals surface area contributed by atoms with E-state index >= 15 is 0 Å². The van der Waals surface area contributed by atoms with Crippen molar-refractivity contribution in [1.29, 1.82) is 0 Å². The van der Waals surface area contributed by atoms with Gasteiger partial charge in [0.2, 0.25) is 0 Å². The maximum absolute atomic E-state index is 10.2. The van der Waals surface area contributed by atoms with E-state index in [0.717, 1.165) is 24.6 Å². The molecule has 0 atom stereocenters. The average Bonchev–Trinajstić information content (AvgIpc) is 2.57. The molecular formula is C10H16BrNO5. The van der Waals surface area contributed by atoms with Crippen LogP contribution in [-0.2, 0) is 14.4 Å². The van der Waals surface area contributed by atoms with E-state index in [1.54, 1.807) is 0 Å². The highest BCUT2D eigenvalue weighted by atomic mass is 79.9. The number of carboxylic acids is 1. The van der Waals surface area contributed by atoms with Crippen molar-refractivity contribution >= 4 is 33.7 Å². The Hall–Kier alpha value is -0.950. The fourth-order valence-corrected chi connectivity index (χ4v) is 1.51. The van der Waals surface area contributed by atoms with Crippen molar-refractivity contribution in [3.05, 3.63) is 0 Å². The Labute approximate surface area is 108 Å². The molecule has 6 nitrogen and oxygen atoms in total. The number of carbonyl (C=O) groups excluding carboxylic acids is 2. The van der Waals surface area contributed by atoms with Gasteiger partial charge in [-0.2, -0.15) is 5.06 Å². The first-order valence-corrected chi connectivity index (χ1v) is 6.43. The average molecular weight is 310 g/mol. The molecule has 1 rings (SSSR count). The SMILES string of the molecule is O=C(O)CCCCCBr.O=C1CCC(=O)N1O. The Bertz CT molecular complexity index is 266. The highest BCUT2D eigenvalue weighted by Crippen LogP contribution is 2.07. The summed E-state index contributed by atoms with van der Waals surface area (Å²) in [6, 6.07) is 0. The molecule has 1 fully saturated rings. The minimum atomic E-state index is -0.690. The van der Waals surface area contributed by atoms with Gasteiger partial charge in [0.05, 0.1) is 0 Å². The fraction of sp³-hybridized carbons (Fsp3) is 0.700. The zero-order chi connectivity index (χ0) is 13.3. The van der Waals surface area contributed by atoms with Crippen LogP contribution in [0.3, 0.4) is 0 Å². The highest BCUT2D eigenvalue weighted by Gasteiger charge is 2.26. The van der Waals surface area contributed by atoms with Crippen molar-refractivity contribution in [1.82, 2.24) is 5.06 Å². The topological polar surface area (TPSA) is 94.9 Å². The molecule has 1 aliphatic rings. The van der Waals surface area contributed by atoms with Gasteiger partial charge in [-0.05, 0) is 12.8 Å². The number of unbranched alkanes of at least 4 members (excludes halogenated alkanes) is 2. The number of nitrogens with zero attached hydrogens (tertiary/aromatic N) is 1. The second-order valence-electron chi connectivity index (χ2n) is 3.49. The van der Waals surface area contributed by atoms with E-state index in [1.165, 1.54) is 0 Å². The first-order chi connectivity index (χ1) is 7.99. The van der Waals surface area contributed by atoms with Crippen molar-refractivity contribution in [2.75, 3.05) is 5.33 Å². The van der Waals surface area contributed by atoms with E-state index in [9.17, 15) is 14.4 Å². The first-order valence-electron chi connectivity index (χ1n) is 5.31. The number of amides is 2. The van der Waals surface area contributed by atoms with Gasteiger partial charge in [0, 0.05) is 24.6 Å². The van der Waals surface area contributed by atoms with Gasteiger partial charge in [0.15, 0.2) is 0 Å². The molecule has 0 aromatic heterocycles. The molecule has 0 radical (unpaired) electrons. The Kier molecular flexibility index (Phi) is 8.61. The molecule has 0 unspecified atom stereocenters. The summed E-state index contributed by atoms with van der Waals surface area (Å²) in [7, 11) is 0. The molecule has 0 aromatic carbocycles. The maximum atomic E-state index is 10.2. The van der Waals surface area contributed by atoms with Crippen molar-refractivity contribution < 1.29 is 24.7 Å². The smallest absolute Gasteiger partial charge is 0.303 e. The molecule has 17 heavy (non-hydrogen) atoms. The second kappa shape index (κ2) is 9.12. The van der Waals surface area contributed by atoms with Crippen LogP contribution in [0.1, 0.15) is 38.5 Å². The summed E-state index contributed by atoms with van der Waals surface area (Å²) in [5.74, 6) is -1.70. The highest BCUT2D eigenvalue weighted by molar-refractivity contribution is 9.09. The van der Waals surface area contributed by atoms with E-state index in [1.807, 2.05) is 0 Å². The number of rotatable bonds is 5. The largest absolute Gasteiger partial charge is 0.481 e. The minimum absolute atomic E-state index is 0.148. The van der Waals surface area contributed by atoms with Crippen LogP contribution in [0.25, 0.3) is 0 Å². The number of carboxylic acid groups (broad SMARTS) is 1. The molecule has 1 heterocycles. The monoisotopic (exact) mass is 309 g/mol. The molecule has 98 valence electrons. The van der Waals surface area contributed by atoms with Crippen LogP contribution in [0.15, 0.2) is 0 Å². The predicted molar refractivity (Wildman–Crippen MR) is 62.8 cm³/mol. The van der Waals surface area contributed by atoms with Crippen molar-refractivity contribution in [3.8, 4) is 0 Å². The Morgan fingerprint density at radius 2 is 1.71 bits per heavy atom. The Morgan fingerprint density at radius 1 is 1.18 bits per heavy atom. The maximum Gasteiger partial charge on any atom is 0.303 e. The van der Waals surface area contributed by atoms with Crippen molar-refractivity contribution in [2.45, 2.75) is 38.5 Å². The third-order valence-electron chi connectivity index (χ3n) is 2.05. The molecular weight excluding hydrogens is 294 g/mol. The zero-order valence-electron chi connectivity index (χ0n) is 9.39. The third-order valence-corrected chi connectivity index (χ3v) is 2.61. The number of halogens is 1. The quantitative estimate of drug-likeness (QED) is 0.348. The van der Waals surface area contributed by atoms with Crippen LogP contribution in [0.2, 0.25) is 0 Å². The number of hydrogen-bond acceptors (Lipinski definition) is 4. The summed E-state index contributed by atoms with van der Waals surface area (Å²) in [4.78, 5) is 30.4. The summed E-state index contributed by atoms with van der Waals surface area (Å²) in [6.45, 7) is 0. The van der Waals surface area contributed by atoms with Gasteiger partial charge in [-0.1, -0.05) is 22.4 Å². The van der Waals surface area contributed by atoms with E-state index in [2.05, 4.69) is 15.9 Å². The van der Waals surface area contributed by atoms with Crippen LogP contribution in [-0.4, -0.2) is 38.5 Å². The Balaban J connectivity index is 0.000000302. The molecule has 0 saturated carbocycles. The number of alkyl halides is 1. The lowest BCUT2D eigenvalue weighted by molar-refractivity contribution is -0.171. The summed E-state index contributed by atoms with van der Waals surface area (Å²) in [5.41, 5.74) is 0. The number of imide groups is 1. The number of hydrogen-bond donors (Lipinski definition) is 2. The molecule has 7 heteroatoms. The third kappa shape index (κ3) is 7.87. The van der Waals surface area contributed by atoms with Crippen molar-refractivity contribution in [2.24, 2.45) is 0 Å². The van der Waals surface area contributed by atoms with Gasteiger partial charge >= 0.3 is 5.97 Å². The van der Waals surface area contributed by atoms with Crippen LogP contribution in [0.4, 0.5) is 0 Å². The molecule has 2 N–H and O–H groups in total. The number of hydroxylamine groups is 2. The van der Waals surface area contributed by atoms with Gasteiger partial charge in [0.25, 0.3) is 11.8 Å². The van der Waals surface area contributed by atoms with Crippen LogP contribution < -0.4 is 0 Å². The lowest BCUT2D eigenvalue weighted by Crippen LogP contribution is -2.24. The lowest BCUT2D eigenvalue weighted by Gasteiger charge is -1.98. The Morgan fingerprint density at radius 3 is 2.00 bits per heavy atom. The zero-order valence-corrected chi connectivity index (χ0v) is 11.0. The van der Waals surface area contributed by atoms with E-state index in [4.69, 9.17) is 10.3 Å². The normalized spacial score (nSPS) is 14.6. The molecule has 0 aliphatic carbocycles. The van der Waals surface area contributed by atoms with Crippen LogP contribution in [0, 0.1) is 0 Å². The molecule has 0 bridgehead atoms. The molecule has 0 aromatic rings. The van der Waals surface area contributed by atoms with Crippen LogP contribution in [0.5, 0.6) is 0 Å². The van der Waals surface area contributed by atoms with Gasteiger partial charge in [0.1, 0.15) is 0 Å². The first kappa shape index (κ1) is 16.1. The van der Waals surface area contributed by atoms with Gasteiger partial charge in [-0.15, -0.1) is 0 Å². The summed E-state index contributed by atoms with van der Waals surface area (Å²) in [6.07, 6.45) is 3.50. The van der Waals surface area contributed by atoms with Gasteiger partial charge in [-0.25, -0.2) is 0 Å².